The largest absolute Gasteiger partial charge is 0.490 e. The molecule has 0 amide bonds. The van der Waals surface area contributed by atoms with Crippen LogP contribution in [-0.4, -0.2) is 28.6 Å². The van der Waals surface area contributed by atoms with E-state index in [2.05, 4.69) is 25.6 Å². The van der Waals surface area contributed by atoms with Gasteiger partial charge >= 0.3 is 0 Å². The Bertz CT molecular complexity index is 518. The summed E-state index contributed by atoms with van der Waals surface area (Å²) in [5, 5.41) is 6.36. The van der Waals surface area contributed by atoms with Crippen molar-refractivity contribution in [2.45, 2.75) is 13.5 Å². The topological polar surface area (TPSA) is 72.0 Å². The summed E-state index contributed by atoms with van der Waals surface area (Å²) in [6.07, 6.45) is 5.07. The van der Waals surface area contributed by atoms with E-state index in [1.807, 2.05) is 25.3 Å². The Morgan fingerprint density at radius 2 is 2.00 bits per heavy atom. The molecule has 0 spiro atoms. The molecule has 6 nitrogen and oxygen atoms in total. The Hall–Kier alpha value is -2.37. The van der Waals surface area contributed by atoms with Crippen molar-refractivity contribution in [3.05, 3.63) is 36.4 Å². The van der Waals surface area contributed by atoms with Crippen LogP contribution in [0.25, 0.3) is 0 Å². The summed E-state index contributed by atoms with van der Waals surface area (Å²) in [5.41, 5.74) is 1.08. The van der Waals surface area contributed by atoms with Crippen molar-refractivity contribution in [2.75, 3.05) is 24.3 Å². The fourth-order valence-electron chi connectivity index (χ4n) is 1.67. The maximum absolute atomic E-state index is 5.35. The van der Waals surface area contributed by atoms with Crippen LogP contribution >= 0.6 is 0 Å². The Morgan fingerprint density at radius 1 is 1.21 bits per heavy atom. The van der Waals surface area contributed by atoms with Gasteiger partial charge in [-0.3, -0.25) is 4.98 Å². The SMILES string of the molecule is CCNc1ncnc(NCc2cccnc2)c1OC. The van der Waals surface area contributed by atoms with E-state index in [1.165, 1.54) is 6.33 Å². The van der Waals surface area contributed by atoms with Crippen LogP contribution < -0.4 is 15.4 Å². The second-order valence-corrected chi connectivity index (χ2v) is 3.85. The third kappa shape index (κ3) is 3.31. The first kappa shape index (κ1) is 13.1. The van der Waals surface area contributed by atoms with Crippen LogP contribution in [-0.2, 0) is 6.54 Å². The van der Waals surface area contributed by atoms with Gasteiger partial charge in [-0.1, -0.05) is 6.07 Å². The van der Waals surface area contributed by atoms with Gasteiger partial charge in [-0.15, -0.1) is 0 Å². The van der Waals surface area contributed by atoms with Gasteiger partial charge in [-0.25, -0.2) is 9.97 Å². The third-order valence-electron chi connectivity index (χ3n) is 2.53. The molecule has 2 N–H and O–H groups in total. The Labute approximate surface area is 112 Å². The molecule has 2 rings (SSSR count). The lowest BCUT2D eigenvalue weighted by Gasteiger charge is -2.13. The lowest BCUT2D eigenvalue weighted by Crippen LogP contribution is -2.08. The number of ether oxygens (including phenoxy) is 1. The molecule has 0 atom stereocenters. The van der Waals surface area contributed by atoms with Crippen molar-refractivity contribution >= 4 is 11.6 Å². The number of pyridine rings is 1. The molecule has 0 saturated carbocycles. The fraction of sp³-hybridized carbons (Fsp3) is 0.308. The second-order valence-electron chi connectivity index (χ2n) is 3.85. The molecule has 2 aromatic heterocycles. The molecule has 0 bridgehead atoms. The molecule has 6 heteroatoms. The minimum Gasteiger partial charge on any atom is -0.490 e. The summed E-state index contributed by atoms with van der Waals surface area (Å²) in [7, 11) is 1.61. The van der Waals surface area contributed by atoms with Crippen molar-refractivity contribution in [1.82, 2.24) is 15.0 Å². The molecule has 100 valence electrons. The number of hydrogen-bond donors (Lipinski definition) is 2. The van der Waals surface area contributed by atoms with E-state index >= 15 is 0 Å². The molecule has 0 saturated heterocycles. The van der Waals surface area contributed by atoms with Crippen molar-refractivity contribution in [2.24, 2.45) is 0 Å². The molecule has 0 aliphatic carbocycles. The van der Waals surface area contributed by atoms with E-state index in [1.54, 1.807) is 13.3 Å². The number of nitrogens with one attached hydrogen (secondary N) is 2. The van der Waals surface area contributed by atoms with Crippen molar-refractivity contribution in [3.63, 3.8) is 0 Å². The summed E-state index contributed by atoms with van der Waals surface area (Å²) in [6.45, 7) is 3.41. The van der Waals surface area contributed by atoms with Gasteiger partial charge in [0.25, 0.3) is 0 Å². The van der Waals surface area contributed by atoms with Gasteiger partial charge in [0, 0.05) is 25.5 Å². The van der Waals surface area contributed by atoms with Gasteiger partial charge in [0.15, 0.2) is 11.6 Å². The quantitative estimate of drug-likeness (QED) is 0.826. The van der Waals surface area contributed by atoms with Crippen LogP contribution in [0.1, 0.15) is 12.5 Å². The fourth-order valence-corrected chi connectivity index (χ4v) is 1.67. The van der Waals surface area contributed by atoms with E-state index in [0.29, 0.717) is 23.9 Å². The number of anilines is 2. The molecule has 19 heavy (non-hydrogen) atoms. The van der Waals surface area contributed by atoms with Crippen molar-refractivity contribution in [3.8, 4) is 5.75 Å². The zero-order valence-corrected chi connectivity index (χ0v) is 11.1. The zero-order chi connectivity index (χ0) is 13.5. The molecule has 0 unspecified atom stereocenters. The Kier molecular flexibility index (Phi) is 4.49. The highest BCUT2D eigenvalue weighted by Gasteiger charge is 2.10. The normalized spacial score (nSPS) is 10.0. The van der Waals surface area contributed by atoms with E-state index in [9.17, 15) is 0 Å². The maximum Gasteiger partial charge on any atom is 0.204 e. The summed E-state index contributed by atoms with van der Waals surface area (Å²) < 4.78 is 5.35. The average Bonchev–Trinajstić information content (AvgIpc) is 2.46. The first-order valence-electron chi connectivity index (χ1n) is 6.10. The molecular weight excluding hydrogens is 242 g/mol. The molecule has 2 aromatic rings. The monoisotopic (exact) mass is 259 g/mol. The third-order valence-corrected chi connectivity index (χ3v) is 2.53. The maximum atomic E-state index is 5.35. The Morgan fingerprint density at radius 3 is 2.63 bits per heavy atom. The smallest absolute Gasteiger partial charge is 0.204 e. The predicted molar refractivity (Wildman–Crippen MR) is 74.3 cm³/mol. The van der Waals surface area contributed by atoms with E-state index in [0.717, 1.165) is 12.1 Å². The van der Waals surface area contributed by atoms with Gasteiger partial charge in [0.2, 0.25) is 5.75 Å². The standard InChI is InChI=1S/C13H17N5O/c1-3-15-12-11(19-2)13(18-9-17-12)16-8-10-5-4-6-14-7-10/h4-7,9H,3,8H2,1-2H3,(H2,15,16,17,18). The van der Waals surface area contributed by atoms with E-state index < -0.39 is 0 Å². The van der Waals surface area contributed by atoms with Crippen LogP contribution in [0.15, 0.2) is 30.9 Å². The predicted octanol–water partition coefficient (Wildman–Crippen LogP) is 1.92. The van der Waals surface area contributed by atoms with Crippen LogP contribution in [0, 0.1) is 0 Å². The highest BCUT2D eigenvalue weighted by atomic mass is 16.5. The zero-order valence-electron chi connectivity index (χ0n) is 11.1. The minimum absolute atomic E-state index is 0.619. The van der Waals surface area contributed by atoms with Gasteiger partial charge in [-0.05, 0) is 18.6 Å². The molecule has 0 aliphatic heterocycles. The average molecular weight is 259 g/mol. The van der Waals surface area contributed by atoms with Crippen molar-refractivity contribution in [1.29, 1.82) is 0 Å². The summed E-state index contributed by atoms with van der Waals surface area (Å²) in [5.74, 6) is 1.97. The molecule has 2 heterocycles. The molecular formula is C13H17N5O. The molecule has 0 fully saturated rings. The molecule has 0 radical (unpaired) electrons. The van der Waals surface area contributed by atoms with Crippen LogP contribution in [0.3, 0.4) is 0 Å². The highest BCUT2D eigenvalue weighted by molar-refractivity contribution is 5.63. The summed E-state index contributed by atoms with van der Waals surface area (Å²) >= 11 is 0. The van der Waals surface area contributed by atoms with E-state index in [4.69, 9.17) is 4.74 Å². The van der Waals surface area contributed by atoms with Gasteiger partial charge in [0.1, 0.15) is 6.33 Å². The lowest BCUT2D eigenvalue weighted by atomic mass is 10.3. The lowest BCUT2D eigenvalue weighted by molar-refractivity contribution is 0.414. The number of rotatable bonds is 6. The van der Waals surface area contributed by atoms with Crippen molar-refractivity contribution < 1.29 is 4.74 Å². The summed E-state index contributed by atoms with van der Waals surface area (Å²) in [6, 6.07) is 3.90. The van der Waals surface area contributed by atoms with Crippen LogP contribution in [0.4, 0.5) is 11.6 Å². The van der Waals surface area contributed by atoms with Gasteiger partial charge in [0.05, 0.1) is 7.11 Å². The first-order valence-corrected chi connectivity index (χ1v) is 6.10. The molecule has 0 aromatic carbocycles. The number of hydrogen-bond acceptors (Lipinski definition) is 6. The Balaban J connectivity index is 2.13. The number of aromatic nitrogens is 3. The van der Waals surface area contributed by atoms with E-state index in [-0.39, 0.29) is 0 Å². The van der Waals surface area contributed by atoms with Crippen LogP contribution in [0.2, 0.25) is 0 Å². The van der Waals surface area contributed by atoms with Gasteiger partial charge in [-0.2, -0.15) is 0 Å². The summed E-state index contributed by atoms with van der Waals surface area (Å²) in [4.78, 5) is 12.4. The second kappa shape index (κ2) is 6.53. The van der Waals surface area contributed by atoms with Gasteiger partial charge < -0.3 is 15.4 Å². The van der Waals surface area contributed by atoms with Crippen LogP contribution in [0.5, 0.6) is 5.75 Å². The first-order chi connectivity index (χ1) is 9.35. The highest BCUT2D eigenvalue weighted by Crippen LogP contribution is 2.28. The molecule has 0 aliphatic rings. The number of methoxy groups -OCH3 is 1. The number of nitrogens with zero attached hydrogens (tertiary/aromatic N) is 3. The minimum atomic E-state index is 0.619.